The van der Waals surface area contributed by atoms with Crippen molar-refractivity contribution in [2.75, 3.05) is 38.8 Å². The second-order valence-electron chi connectivity index (χ2n) is 7.57. The molecule has 0 saturated heterocycles. The summed E-state index contributed by atoms with van der Waals surface area (Å²) in [7, 11) is 4.00. The van der Waals surface area contributed by atoms with Crippen LogP contribution in [0.4, 0.5) is 5.69 Å². The molecule has 0 radical (unpaired) electrons. The predicted molar refractivity (Wildman–Crippen MR) is 136 cm³/mol. The number of amidine groups is 1. The van der Waals surface area contributed by atoms with Crippen LogP contribution in [-0.4, -0.2) is 49.6 Å². The Balaban J connectivity index is 1.65. The van der Waals surface area contributed by atoms with Crippen LogP contribution in [0.15, 0.2) is 71.9 Å². The molecule has 2 aromatic carbocycles. The highest BCUT2D eigenvalue weighted by atomic mass is 32.1. The van der Waals surface area contributed by atoms with Crippen molar-refractivity contribution in [3.05, 3.63) is 83.6 Å². The third-order valence-corrected chi connectivity index (χ3v) is 5.84. The molecule has 0 aliphatic carbocycles. The van der Waals surface area contributed by atoms with Gasteiger partial charge in [0.25, 0.3) is 0 Å². The van der Waals surface area contributed by atoms with E-state index in [1.807, 2.05) is 49.3 Å². The highest BCUT2D eigenvalue weighted by Crippen LogP contribution is 2.22. The summed E-state index contributed by atoms with van der Waals surface area (Å²) in [5.74, 6) is 0.921. The van der Waals surface area contributed by atoms with Crippen molar-refractivity contribution >= 4 is 34.8 Å². The van der Waals surface area contributed by atoms with E-state index in [1.54, 1.807) is 6.08 Å². The lowest BCUT2D eigenvalue weighted by atomic mass is 10.0. The lowest BCUT2D eigenvalue weighted by Crippen LogP contribution is -2.26. The molecule has 0 saturated carbocycles. The van der Waals surface area contributed by atoms with Crippen LogP contribution in [-0.2, 0) is 11.2 Å². The third kappa shape index (κ3) is 5.91. The molecule has 164 valence electrons. The molecule has 0 aromatic heterocycles. The SMILES string of the molecule is C=CCOCCN(C)c1ccc(/C=C2\N=C(CCc3ccccc3C#N)N(C)C2=S)cc1. The molecule has 32 heavy (non-hydrogen) atoms. The standard InChI is InChI=1S/C26H28N4OS/c1-4-16-31-17-15-29(2)23-12-9-20(10-13-23)18-24-26(32)30(3)25(28-24)14-11-21-7-5-6-8-22(21)19-27/h4-10,12-13,18H,1,11,14-17H2,2-3H3/b24-18-. The van der Waals surface area contributed by atoms with E-state index in [1.165, 1.54) is 0 Å². The van der Waals surface area contributed by atoms with Gasteiger partial charge in [0.15, 0.2) is 0 Å². The van der Waals surface area contributed by atoms with E-state index in [4.69, 9.17) is 21.9 Å². The lowest BCUT2D eigenvalue weighted by molar-refractivity contribution is 0.170. The summed E-state index contributed by atoms with van der Waals surface area (Å²) in [5, 5.41) is 9.30. The predicted octanol–water partition coefficient (Wildman–Crippen LogP) is 4.84. The maximum Gasteiger partial charge on any atom is 0.133 e. The van der Waals surface area contributed by atoms with E-state index in [2.05, 4.69) is 41.8 Å². The highest BCUT2D eigenvalue weighted by molar-refractivity contribution is 7.80. The Labute approximate surface area is 195 Å². The van der Waals surface area contributed by atoms with Gasteiger partial charge in [0.2, 0.25) is 0 Å². The first-order valence-electron chi connectivity index (χ1n) is 10.6. The van der Waals surface area contributed by atoms with Crippen molar-refractivity contribution < 1.29 is 4.74 Å². The summed E-state index contributed by atoms with van der Waals surface area (Å²) in [5.41, 5.74) is 4.72. The minimum absolute atomic E-state index is 0.571. The Bertz CT molecular complexity index is 1070. The molecule has 1 heterocycles. The lowest BCUT2D eigenvalue weighted by Gasteiger charge is -2.19. The van der Waals surface area contributed by atoms with Gasteiger partial charge in [0, 0.05) is 32.7 Å². The van der Waals surface area contributed by atoms with Gasteiger partial charge in [-0.2, -0.15) is 5.26 Å². The van der Waals surface area contributed by atoms with Gasteiger partial charge in [-0.3, -0.25) is 0 Å². The average molecular weight is 445 g/mol. The van der Waals surface area contributed by atoms with E-state index >= 15 is 0 Å². The van der Waals surface area contributed by atoms with Crippen molar-refractivity contribution in [1.29, 1.82) is 5.26 Å². The van der Waals surface area contributed by atoms with Crippen LogP contribution in [0.5, 0.6) is 0 Å². The molecule has 0 N–H and O–H groups in total. The fourth-order valence-corrected chi connectivity index (χ4v) is 3.65. The molecule has 5 nitrogen and oxygen atoms in total. The molecule has 1 aliphatic rings. The summed E-state index contributed by atoms with van der Waals surface area (Å²) in [6, 6.07) is 18.3. The van der Waals surface area contributed by atoms with Crippen molar-refractivity contribution in [2.24, 2.45) is 4.99 Å². The van der Waals surface area contributed by atoms with Crippen LogP contribution < -0.4 is 4.90 Å². The molecule has 0 spiro atoms. The van der Waals surface area contributed by atoms with Gasteiger partial charge < -0.3 is 14.5 Å². The monoisotopic (exact) mass is 444 g/mol. The Morgan fingerprint density at radius 2 is 1.94 bits per heavy atom. The molecule has 1 aliphatic heterocycles. The van der Waals surface area contributed by atoms with E-state index in [0.717, 1.165) is 47.7 Å². The highest BCUT2D eigenvalue weighted by Gasteiger charge is 2.23. The Kier molecular flexibility index (Phi) is 8.32. The van der Waals surface area contributed by atoms with Crippen LogP contribution in [0, 0.1) is 11.3 Å². The van der Waals surface area contributed by atoms with Crippen molar-refractivity contribution in [3.8, 4) is 6.07 Å². The molecule has 0 amide bonds. The average Bonchev–Trinajstić information content (AvgIpc) is 3.08. The quantitative estimate of drug-likeness (QED) is 0.227. The normalized spacial score (nSPS) is 14.4. The second-order valence-corrected chi connectivity index (χ2v) is 7.95. The summed E-state index contributed by atoms with van der Waals surface area (Å²) >= 11 is 5.62. The summed E-state index contributed by atoms with van der Waals surface area (Å²) < 4.78 is 5.46. The number of aryl methyl sites for hydroxylation is 1. The number of hydrogen-bond donors (Lipinski definition) is 0. The Morgan fingerprint density at radius 3 is 2.66 bits per heavy atom. The van der Waals surface area contributed by atoms with Gasteiger partial charge in [-0.15, -0.1) is 6.58 Å². The molecular weight excluding hydrogens is 416 g/mol. The molecule has 0 fully saturated rings. The smallest absolute Gasteiger partial charge is 0.133 e. The van der Waals surface area contributed by atoms with Crippen LogP contribution >= 0.6 is 12.2 Å². The van der Waals surface area contributed by atoms with Crippen molar-refractivity contribution in [3.63, 3.8) is 0 Å². The zero-order valence-corrected chi connectivity index (χ0v) is 19.4. The van der Waals surface area contributed by atoms with Crippen molar-refractivity contribution in [1.82, 2.24) is 4.90 Å². The van der Waals surface area contributed by atoms with Crippen LogP contribution in [0.3, 0.4) is 0 Å². The van der Waals surface area contributed by atoms with Gasteiger partial charge in [0.1, 0.15) is 16.5 Å². The number of thiocarbonyl (C=S) groups is 1. The summed E-state index contributed by atoms with van der Waals surface area (Å²) in [6.07, 6.45) is 5.25. The first kappa shape index (κ1) is 23.4. The minimum atomic E-state index is 0.571. The van der Waals surface area contributed by atoms with Gasteiger partial charge in [-0.1, -0.05) is 48.6 Å². The van der Waals surface area contributed by atoms with Crippen LogP contribution in [0.25, 0.3) is 6.08 Å². The fraction of sp³-hybridized carbons (Fsp3) is 0.269. The second kappa shape index (κ2) is 11.4. The largest absolute Gasteiger partial charge is 0.376 e. The first-order valence-corrected chi connectivity index (χ1v) is 11.0. The minimum Gasteiger partial charge on any atom is -0.376 e. The topological polar surface area (TPSA) is 51.9 Å². The zero-order chi connectivity index (χ0) is 22.9. The molecule has 0 unspecified atom stereocenters. The van der Waals surface area contributed by atoms with Gasteiger partial charge in [0.05, 0.1) is 24.8 Å². The molecule has 0 bridgehead atoms. The number of nitriles is 1. The molecule has 3 rings (SSSR count). The number of hydrogen-bond acceptors (Lipinski definition) is 5. The van der Waals surface area contributed by atoms with Crippen molar-refractivity contribution in [2.45, 2.75) is 12.8 Å². The number of ether oxygens (including phenoxy) is 1. The number of aliphatic imine (C=N–C) groups is 1. The van der Waals surface area contributed by atoms with Gasteiger partial charge >= 0.3 is 0 Å². The summed E-state index contributed by atoms with van der Waals surface area (Å²) in [4.78, 5) is 9.61. The maximum absolute atomic E-state index is 9.30. The molecular formula is C26H28N4OS. The summed E-state index contributed by atoms with van der Waals surface area (Å²) in [6.45, 7) is 5.70. The van der Waals surface area contributed by atoms with E-state index in [9.17, 15) is 5.26 Å². The third-order valence-electron chi connectivity index (χ3n) is 5.36. The van der Waals surface area contributed by atoms with Gasteiger partial charge in [-0.05, 0) is 41.8 Å². The van der Waals surface area contributed by atoms with E-state index in [-0.39, 0.29) is 0 Å². The van der Waals surface area contributed by atoms with Crippen LogP contribution in [0.2, 0.25) is 0 Å². The number of nitrogens with zero attached hydrogens (tertiary/aromatic N) is 4. The fourth-order valence-electron chi connectivity index (χ4n) is 3.44. The van der Waals surface area contributed by atoms with Gasteiger partial charge in [-0.25, -0.2) is 4.99 Å². The number of anilines is 1. The first-order chi connectivity index (χ1) is 15.5. The molecule has 0 atom stereocenters. The molecule has 6 heteroatoms. The zero-order valence-electron chi connectivity index (χ0n) is 18.6. The van der Waals surface area contributed by atoms with Crippen LogP contribution in [0.1, 0.15) is 23.1 Å². The Morgan fingerprint density at radius 1 is 1.19 bits per heavy atom. The number of rotatable bonds is 10. The van der Waals surface area contributed by atoms with E-state index < -0.39 is 0 Å². The maximum atomic E-state index is 9.30. The number of benzene rings is 2. The Hall–Kier alpha value is -3.27. The van der Waals surface area contributed by atoms with E-state index in [0.29, 0.717) is 23.8 Å². The molecule has 2 aromatic rings. The number of likely N-dealkylation sites (N-methyl/N-ethyl adjacent to an activating group) is 2.